The molecule has 2 aromatic rings. The number of ether oxygens (including phenoxy) is 1. The van der Waals surface area contributed by atoms with Gasteiger partial charge < -0.3 is 10.1 Å². The molecule has 2 unspecified atom stereocenters. The van der Waals surface area contributed by atoms with Gasteiger partial charge in [0.25, 0.3) is 5.91 Å². The average molecular weight is 469 g/mol. The molecule has 0 spiro atoms. The molecule has 1 fully saturated rings. The number of benzene rings is 2. The maximum Gasteiger partial charge on any atom is 0.311 e. The Balaban J connectivity index is 1.60. The van der Waals surface area contributed by atoms with Gasteiger partial charge in [0.15, 0.2) is 6.10 Å². The van der Waals surface area contributed by atoms with Gasteiger partial charge in [-0.3, -0.25) is 9.59 Å². The molecule has 1 aliphatic heterocycles. The zero-order chi connectivity index (χ0) is 22.6. The SMILES string of the molecule is CC(OC(=O)C1CCCN(S(=O)(=O)c2ccc(F)cc2)C1)C(=O)Nc1ccc(Cl)cc1. The van der Waals surface area contributed by atoms with Crippen LogP contribution in [0.2, 0.25) is 5.02 Å². The lowest BCUT2D eigenvalue weighted by Crippen LogP contribution is -2.43. The number of rotatable bonds is 6. The van der Waals surface area contributed by atoms with Crippen molar-refractivity contribution in [2.45, 2.75) is 30.8 Å². The first-order valence-electron chi connectivity index (χ1n) is 9.69. The van der Waals surface area contributed by atoms with Crippen LogP contribution < -0.4 is 5.32 Å². The predicted octanol–water partition coefficient (Wildman–Crippen LogP) is 3.45. The number of hydrogen-bond acceptors (Lipinski definition) is 5. The fourth-order valence-electron chi connectivity index (χ4n) is 3.21. The number of sulfonamides is 1. The molecule has 166 valence electrons. The third-order valence-corrected chi connectivity index (χ3v) is 7.07. The molecule has 10 heteroatoms. The summed E-state index contributed by atoms with van der Waals surface area (Å²) in [7, 11) is -3.87. The number of carbonyl (C=O) groups is 2. The maximum atomic E-state index is 13.1. The zero-order valence-electron chi connectivity index (χ0n) is 16.8. The van der Waals surface area contributed by atoms with E-state index in [1.165, 1.54) is 23.4 Å². The van der Waals surface area contributed by atoms with E-state index in [0.29, 0.717) is 23.6 Å². The van der Waals surface area contributed by atoms with Crippen molar-refractivity contribution in [3.05, 3.63) is 59.4 Å². The van der Waals surface area contributed by atoms with Crippen LogP contribution in [0, 0.1) is 11.7 Å². The Hall–Kier alpha value is -2.49. The normalized spacial score (nSPS) is 18.2. The van der Waals surface area contributed by atoms with E-state index in [-0.39, 0.29) is 18.0 Å². The number of anilines is 1. The van der Waals surface area contributed by atoms with Crippen molar-refractivity contribution in [3.8, 4) is 0 Å². The zero-order valence-corrected chi connectivity index (χ0v) is 18.3. The highest BCUT2D eigenvalue weighted by molar-refractivity contribution is 7.89. The second kappa shape index (κ2) is 9.76. The van der Waals surface area contributed by atoms with Crippen molar-refractivity contribution in [1.29, 1.82) is 0 Å². The van der Waals surface area contributed by atoms with Gasteiger partial charge in [-0.2, -0.15) is 4.31 Å². The number of piperidine rings is 1. The number of halogens is 2. The summed E-state index contributed by atoms with van der Waals surface area (Å²) in [6.45, 7) is 1.62. The highest BCUT2D eigenvalue weighted by Crippen LogP contribution is 2.25. The van der Waals surface area contributed by atoms with Crippen LogP contribution in [0.1, 0.15) is 19.8 Å². The number of hydrogen-bond donors (Lipinski definition) is 1. The van der Waals surface area contributed by atoms with Crippen molar-refractivity contribution in [2.75, 3.05) is 18.4 Å². The molecular weight excluding hydrogens is 447 g/mol. The van der Waals surface area contributed by atoms with Gasteiger partial charge in [0.1, 0.15) is 5.82 Å². The molecule has 2 aromatic carbocycles. The highest BCUT2D eigenvalue weighted by atomic mass is 35.5. The van der Waals surface area contributed by atoms with E-state index in [1.807, 2.05) is 0 Å². The summed E-state index contributed by atoms with van der Waals surface area (Å²) in [6.07, 6.45) is -0.155. The molecule has 7 nitrogen and oxygen atoms in total. The molecule has 0 aromatic heterocycles. The molecule has 1 heterocycles. The van der Waals surface area contributed by atoms with Crippen LogP contribution >= 0.6 is 11.6 Å². The molecule has 1 saturated heterocycles. The highest BCUT2D eigenvalue weighted by Gasteiger charge is 2.35. The molecule has 0 radical (unpaired) electrons. The van der Waals surface area contributed by atoms with Crippen LogP contribution in [0.25, 0.3) is 0 Å². The topological polar surface area (TPSA) is 92.8 Å². The first-order chi connectivity index (χ1) is 14.7. The fraction of sp³-hybridized carbons (Fsp3) is 0.333. The Labute approximate surface area is 185 Å². The summed E-state index contributed by atoms with van der Waals surface area (Å²) >= 11 is 5.81. The number of esters is 1. The van der Waals surface area contributed by atoms with E-state index in [1.54, 1.807) is 24.3 Å². The lowest BCUT2D eigenvalue weighted by molar-refractivity contribution is -0.158. The molecule has 31 heavy (non-hydrogen) atoms. The van der Waals surface area contributed by atoms with Crippen molar-refractivity contribution >= 4 is 39.2 Å². The minimum atomic E-state index is -3.87. The summed E-state index contributed by atoms with van der Waals surface area (Å²) in [4.78, 5) is 24.8. The number of amides is 1. The first kappa shape index (κ1) is 23.2. The molecule has 1 amide bonds. The van der Waals surface area contributed by atoms with Crippen LogP contribution in [0.5, 0.6) is 0 Å². The van der Waals surface area contributed by atoms with E-state index < -0.39 is 39.7 Å². The van der Waals surface area contributed by atoms with Crippen LogP contribution in [-0.2, 0) is 24.3 Å². The van der Waals surface area contributed by atoms with Gasteiger partial charge in [-0.15, -0.1) is 0 Å². The van der Waals surface area contributed by atoms with Gasteiger partial charge in [0.2, 0.25) is 10.0 Å². The summed E-state index contributed by atoms with van der Waals surface area (Å²) in [6, 6.07) is 11.0. The minimum Gasteiger partial charge on any atom is -0.452 e. The lowest BCUT2D eigenvalue weighted by atomic mass is 10.00. The molecule has 0 aliphatic carbocycles. The van der Waals surface area contributed by atoms with E-state index in [4.69, 9.17) is 16.3 Å². The van der Waals surface area contributed by atoms with E-state index in [2.05, 4.69) is 5.32 Å². The van der Waals surface area contributed by atoms with Gasteiger partial charge in [-0.05, 0) is 68.3 Å². The Kier molecular flexibility index (Phi) is 7.30. The third-order valence-electron chi connectivity index (χ3n) is 4.94. The second-order valence-corrected chi connectivity index (χ2v) is 9.61. The third kappa shape index (κ3) is 5.81. The number of nitrogens with zero attached hydrogens (tertiary/aromatic N) is 1. The monoisotopic (exact) mass is 468 g/mol. The van der Waals surface area contributed by atoms with Crippen LogP contribution in [0.15, 0.2) is 53.4 Å². The van der Waals surface area contributed by atoms with Gasteiger partial charge in [-0.25, -0.2) is 12.8 Å². The Morgan fingerprint density at radius 2 is 1.81 bits per heavy atom. The van der Waals surface area contributed by atoms with E-state index in [0.717, 1.165) is 12.1 Å². The predicted molar refractivity (Wildman–Crippen MR) is 114 cm³/mol. The van der Waals surface area contributed by atoms with Gasteiger partial charge in [0.05, 0.1) is 10.8 Å². The summed E-state index contributed by atoms with van der Waals surface area (Å²) in [5, 5.41) is 3.15. The van der Waals surface area contributed by atoms with Crippen molar-refractivity contribution < 1.29 is 27.1 Å². The lowest BCUT2D eigenvalue weighted by Gasteiger charge is -2.31. The van der Waals surface area contributed by atoms with Crippen LogP contribution in [0.4, 0.5) is 10.1 Å². The maximum absolute atomic E-state index is 13.1. The van der Waals surface area contributed by atoms with Gasteiger partial charge >= 0.3 is 5.97 Å². The van der Waals surface area contributed by atoms with Gasteiger partial charge in [-0.1, -0.05) is 11.6 Å². The Bertz CT molecular complexity index is 1040. The smallest absolute Gasteiger partial charge is 0.311 e. The fourth-order valence-corrected chi connectivity index (χ4v) is 4.86. The van der Waals surface area contributed by atoms with Gasteiger partial charge in [0, 0.05) is 23.8 Å². The summed E-state index contributed by atoms with van der Waals surface area (Å²) in [5.41, 5.74) is 0.506. The van der Waals surface area contributed by atoms with Crippen molar-refractivity contribution in [3.63, 3.8) is 0 Å². The van der Waals surface area contributed by atoms with E-state index >= 15 is 0 Å². The second-order valence-electron chi connectivity index (χ2n) is 7.23. The molecule has 2 atom stereocenters. The Morgan fingerprint density at radius 3 is 2.45 bits per heavy atom. The number of carbonyl (C=O) groups excluding carboxylic acids is 2. The molecule has 0 bridgehead atoms. The average Bonchev–Trinajstić information content (AvgIpc) is 2.75. The standard InChI is InChI=1S/C21H22ClFN2O5S/c1-14(20(26)24-18-8-4-16(22)5-9-18)30-21(27)15-3-2-12-25(13-15)31(28,29)19-10-6-17(23)7-11-19/h4-11,14-15H,2-3,12-13H2,1H3,(H,24,26). The molecule has 1 aliphatic rings. The van der Waals surface area contributed by atoms with E-state index in [9.17, 15) is 22.4 Å². The van der Waals surface area contributed by atoms with Crippen molar-refractivity contribution in [1.82, 2.24) is 4.31 Å². The van der Waals surface area contributed by atoms with Crippen LogP contribution in [-0.4, -0.2) is 43.8 Å². The number of nitrogens with one attached hydrogen (secondary N) is 1. The summed E-state index contributed by atoms with van der Waals surface area (Å²) in [5.74, 6) is -2.39. The quantitative estimate of drug-likeness (QED) is 0.655. The molecular formula is C21H22ClFN2O5S. The molecule has 3 rings (SSSR count). The van der Waals surface area contributed by atoms with Crippen molar-refractivity contribution in [2.24, 2.45) is 5.92 Å². The minimum absolute atomic E-state index is 0.0429. The first-order valence-corrected chi connectivity index (χ1v) is 11.5. The Morgan fingerprint density at radius 1 is 1.16 bits per heavy atom. The summed E-state index contributed by atoms with van der Waals surface area (Å²) < 4.78 is 45.2. The molecule has 0 saturated carbocycles. The molecule has 1 N–H and O–H groups in total. The largest absolute Gasteiger partial charge is 0.452 e. The van der Waals surface area contributed by atoms with Crippen LogP contribution in [0.3, 0.4) is 0 Å².